The van der Waals surface area contributed by atoms with Crippen LogP contribution in [0.4, 0.5) is 0 Å². The highest BCUT2D eigenvalue weighted by molar-refractivity contribution is 5.82. The monoisotopic (exact) mass is 267 g/mol. The van der Waals surface area contributed by atoms with Crippen LogP contribution in [-0.4, -0.2) is 21.7 Å². The van der Waals surface area contributed by atoms with E-state index in [0.717, 1.165) is 39.5 Å². The molecule has 4 heteroatoms. The highest BCUT2D eigenvalue weighted by Gasteiger charge is 2.15. The van der Waals surface area contributed by atoms with Crippen molar-refractivity contribution in [1.82, 2.24) is 14.6 Å². The van der Waals surface area contributed by atoms with Crippen LogP contribution in [0.2, 0.25) is 0 Å². The Hall–Kier alpha value is -2.36. The molecule has 0 amide bonds. The van der Waals surface area contributed by atoms with Crippen LogP contribution < -0.4 is 4.74 Å². The predicted octanol–water partition coefficient (Wildman–Crippen LogP) is 3.33. The Morgan fingerprint density at radius 3 is 2.60 bits per heavy atom. The largest absolute Gasteiger partial charge is 0.497 e. The second kappa shape index (κ2) is 4.63. The number of rotatable bonds is 2. The summed E-state index contributed by atoms with van der Waals surface area (Å²) in [6, 6.07) is 8.04. The molecule has 0 spiro atoms. The second-order valence-electron chi connectivity index (χ2n) is 4.98. The number of fused-ring (bicyclic) bond motifs is 1. The minimum absolute atomic E-state index is 0.865. The van der Waals surface area contributed by atoms with E-state index in [1.165, 1.54) is 0 Å². The van der Waals surface area contributed by atoms with Crippen LogP contribution in [0.15, 0.2) is 30.5 Å². The Balaban J connectivity index is 2.28. The normalized spacial score (nSPS) is 11.0. The summed E-state index contributed by atoms with van der Waals surface area (Å²) in [5.74, 6) is 0.865. The van der Waals surface area contributed by atoms with Gasteiger partial charge >= 0.3 is 0 Å². The van der Waals surface area contributed by atoms with Gasteiger partial charge < -0.3 is 4.74 Å². The van der Waals surface area contributed by atoms with E-state index in [9.17, 15) is 0 Å². The smallest absolute Gasteiger partial charge is 0.163 e. The number of aryl methyl sites for hydroxylation is 3. The van der Waals surface area contributed by atoms with Crippen molar-refractivity contribution in [3.05, 3.63) is 47.4 Å². The van der Waals surface area contributed by atoms with Crippen LogP contribution in [0, 0.1) is 20.8 Å². The molecule has 0 unspecified atom stereocenters. The maximum atomic E-state index is 5.27. The van der Waals surface area contributed by atoms with Gasteiger partial charge in [-0.2, -0.15) is 5.10 Å². The minimum Gasteiger partial charge on any atom is -0.497 e. The third kappa shape index (κ3) is 1.93. The molecule has 0 atom stereocenters. The number of methoxy groups -OCH3 is 1. The zero-order valence-electron chi connectivity index (χ0n) is 12.1. The van der Waals surface area contributed by atoms with Crippen LogP contribution in [0.1, 0.15) is 17.0 Å². The first kappa shape index (κ1) is 12.7. The minimum atomic E-state index is 0.865. The van der Waals surface area contributed by atoms with Gasteiger partial charge in [-0.25, -0.2) is 9.50 Å². The van der Waals surface area contributed by atoms with E-state index in [2.05, 4.69) is 23.1 Å². The number of hydrogen-bond donors (Lipinski definition) is 0. The lowest BCUT2D eigenvalue weighted by atomic mass is 10.0. The number of benzene rings is 1. The summed E-state index contributed by atoms with van der Waals surface area (Å²) in [6.45, 7) is 6.09. The van der Waals surface area contributed by atoms with Crippen molar-refractivity contribution in [2.24, 2.45) is 0 Å². The summed E-state index contributed by atoms with van der Waals surface area (Å²) >= 11 is 0. The van der Waals surface area contributed by atoms with Crippen molar-refractivity contribution in [1.29, 1.82) is 0 Å². The molecule has 3 aromatic rings. The third-order valence-electron chi connectivity index (χ3n) is 3.50. The van der Waals surface area contributed by atoms with Gasteiger partial charge in [0.15, 0.2) is 5.65 Å². The molecule has 0 N–H and O–H groups in total. The molecule has 4 nitrogen and oxygen atoms in total. The van der Waals surface area contributed by atoms with Crippen molar-refractivity contribution in [3.63, 3.8) is 0 Å². The molecule has 20 heavy (non-hydrogen) atoms. The molecule has 1 aromatic carbocycles. The summed E-state index contributed by atoms with van der Waals surface area (Å²) in [4.78, 5) is 4.63. The van der Waals surface area contributed by atoms with Crippen LogP contribution in [-0.2, 0) is 0 Å². The van der Waals surface area contributed by atoms with Crippen molar-refractivity contribution in [2.75, 3.05) is 7.11 Å². The number of hydrogen-bond acceptors (Lipinski definition) is 3. The molecule has 2 aromatic heterocycles. The Labute approximate surface area is 118 Å². The van der Waals surface area contributed by atoms with Crippen molar-refractivity contribution < 1.29 is 4.74 Å². The Kier molecular flexibility index (Phi) is 2.93. The molecule has 3 rings (SSSR count). The van der Waals surface area contributed by atoms with Gasteiger partial charge in [0.2, 0.25) is 0 Å². The highest BCUT2D eigenvalue weighted by Crippen LogP contribution is 2.31. The number of nitrogens with zero attached hydrogens (tertiary/aromatic N) is 3. The standard InChI is InChI=1S/C16H17N3O/c1-10-9-13(20-4)5-6-14(10)15-12(3)18-19-8-7-11(2)17-16(15)19/h5-9H,1-4H3. The van der Waals surface area contributed by atoms with Gasteiger partial charge in [-0.1, -0.05) is 6.07 Å². The summed E-state index contributed by atoms with van der Waals surface area (Å²) < 4.78 is 7.10. The first-order chi connectivity index (χ1) is 9.60. The van der Waals surface area contributed by atoms with Gasteiger partial charge in [-0.05, 0) is 50.1 Å². The fraction of sp³-hybridized carbons (Fsp3) is 0.250. The fourth-order valence-corrected chi connectivity index (χ4v) is 2.49. The van der Waals surface area contributed by atoms with E-state index in [1.54, 1.807) is 7.11 Å². The summed E-state index contributed by atoms with van der Waals surface area (Å²) in [5, 5.41) is 4.54. The van der Waals surface area contributed by atoms with Crippen molar-refractivity contribution in [2.45, 2.75) is 20.8 Å². The first-order valence-corrected chi connectivity index (χ1v) is 6.58. The Morgan fingerprint density at radius 2 is 1.90 bits per heavy atom. The molecule has 2 heterocycles. The molecular weight excluding hydrogens is 250 g/mol. The average Bonchev–Trinajstić information content (AvgIpc) is 2.74. The van der Waals surface area contributed by atoms with Gasteiger partial charge in [0.25, 0.3) is 0 Å². The third-order valence-corrected chi connectivity index (χ3v) is 3.50. The van der Waals surface area contributed by atoms with Crippen LogP contribution in [0.3, 0.4) is 0 Å². The van der Waals surface area contributed by atoms with E-state index in [1.807, 2.05) is 42.8 Å². The lowest BCUT2D eigenvalue weighted by molar-refractivity contribution is 0.414. The summed E-state index contributed by atoms with van der Waals surface area (Å²) in [7, 11) is 1.68. The maximum absolute atomic E-state index is 5.27. The second-order valence-corrected chi connectivity index (χ2v) is 4.98. The molecule has 0 radical (unpaired) electrons. The van der Waals surface area contributed by atoms with Gasteiger partial charge in [0.1, 0.15) is 5.75 Å². The number of aromatic nitrogens is 3. The molecule has 0 aliphatic rings. The van der Waals surface area contributed by atoms with E-state index < -0.39 is 0 Å². The zero-order valence-corrected chi connectivity index (χ0v) is 12.1. The SMILES string of the molecule is COc1ccc(-c2c(C)nn3ccc(C)nc23)c(C)c1. The van der Waals surface area contributed by atoms with Crippen LogP contribution in [0.5, 0.6) is 5.75 Å². The predicted molar refractivity (Wildman–Crippen MR) is 79.2 cm³/mol. The van der Waals surface area contributed by atoms with E-state index >= 15 is 0 Å². The Bertz CT molecular complexity index is 790. The van der Waals surface area contributed by atoms with Gasteiger partial charge in [-0.15, -0.1) is 0 Å². The lowest BCUT2D eigenvalue weighted by Crippen LogP contribution is -1.92. The van der Waals surface area contributed by atoms with Gasteiger partial charge in [0, 0.05) is 17.5 Å². The lowest BCUT2D eigenvalue weighted by Gasteiger charge is -2.08. The Morgan fingerprint density at radius 1 is 1.10 bits per heavy atom. The summed E-state index contributed by atoms with van der Waals surface area (Å²) in [6.07, 6.45) is 1.95. The van der Waals surface area contributed by atoms with E-state index in [-0.39, 0.29) is 0 Å². The van der Waals surface area contributed by atoms with Gasteiger partial charge in [-0.3, -0.25) is 0 Å². The molecule has 0 aliphatic carbocycles. The molecule has 0 fully saturated rings. The van der Waals surface area contributed by atoms with Crippen LogP contribution in [0.25, 0.3) is 16.8 Å². The molecule has 0 saturated carbocycles. The van der Waals surface area contributed by atoms with Crippen LogP contribution >= 0.6 is 0 Å². The van der Waals surface area contributed by atoms with Gasteiger partial charge in [0.05, 0.1) is 12.8 Å². The molecule has 0 bridgehead atoms. The fourth-order valence-electron chi connectivity index (χ4n) is 2.49. The topological polar surface area (TPSA) is 39.4 Å². The highest BCUT2D eigenvalue weighted by atomic mass is 16.5. The molecule has 0 aliphatic heterocycles. The molecule has 102 valence electrons. The van der Waals surface area contributed by atoms with E-state index in [4.69, 9.17) is 4.74 Å². The maximum Gasteiger partial charge on any atom is 0.163 e. The summed E-state index contributed by atoms with van der Waals surface area (Å²) in [5.41, 5.74) is 6.27. The molecule has 0 saturated heterocycles. The first-order valence-electron chi connectivity index (χ1n) is 6.58. The molecular formula is C16H17N3O. The average molecular weight is 267 g/mol. The van der Waals surface area contributed by atoms with E-state index in [0.29, 0.717) is 0 Å². The number of ether oxygens (including phenoxy) is 1. The van der Waals surface area contributed by atoms with Crippen molar-refractivity contribution in [3.8, 4) is 16.9 Å². The van der Waals surface area contributed by atoms with Crippen molar-refractivity contribution >= 4 is 5.65 Å². The quantitative estimate of drug-likeness (QED) is 0.715. The zero-order chi connectivity index (χ0) is 14.3.